The van der Waals surface area contributed by atoms with E-state index in [1.807, 2.05) is 24.3 Å². The van der Waals surface area contributed by atoms with E-state index >= 15 is 0 Å². The Morgan fingerprint density at radius 1 is 0.739 bits per heavy atom. The van der Waals surface area contributed by atoms with Crippen LogP contribution in [0.2, 0.25) is 0 Å². The molecular weight excluding hydrogens is 278 g/mol. The van der Waals surface area contributed by atoms with E-state index in [2.05, 4.69) is 61.5 Å². The standard InChI is InChI=1S/C22H15N/c1-15-6-9-19-13-18-4-2-3-5-20(18)22(21(19)12-15)17-10-7-16(14-23)8-11-17/h2-13H,1H3. The van der Waals surface area contributed by atoms with E-state index in [0.717, 1.165) is 5.56 Å². The van der Waals surface area contributed by atoms with Gasteiger partial charge in [0, 0.05) is 0 Å². The highest BCUT2D eigenvalue weighted by Gasteiger charge is 2.10. The summed E-state index contributed by atoms with van der Waals surface area (Å²) in [6, 6.07) is 27.4. The highest BCUT2D eigenvalue weighted by molar-refractivity contribution is 6.12. The molecule has 4 aromatic carbocycles. The van der Waals surface area contributed by atoms with Gasteiger partial charge < -0.3 is 0 Å². The molecule has 4 rings (SSSR count). The van der Waals surface area contributed by atoms with Crippen molar-refractivity contribution in [2.75, 3.05) is 0 Å². The summed E-state index contributed by atoms with van der Waals surface area (Å²) >= 11 is 0. The summed E-state index contributed by atoms with van der Waals surface area (Å²) in [7, 11) is 0. The number of benzene rings is 4. The Morgan fingerprint density at radius 2 is 1.48 bits per heavy atom. The molecule has 0 aliphatic rings. The third kappa shape index (κ3) is 2.25. The second-order valence-electron chi connectivity index (χ2n) is 5.89. The molecule has 0 atom stereocenters. The topological polar surface area (TPSA) is 23.8 Å². The molecule has 4 aromatic rings. The highest BCUT2D eigenvalue weighted by atomic mass is 14.2. The maximum atomic E-state index is 9.03. The zero-order valence-electron chi connectivity index (χ0n) is 12.9. The second-order valence-corrected chi connectivity index (χ2v) is 5.89. The van der Waals surface area contributed by atoms with Gasteiger partial charge in [0.25, 0.3) is 0 Å². The van der Waals surface area contributed by atoms with Crippen molar-refractivity contribution in [3.8, 4) is 17.2 Å². The van der Waals surface area contributed by atoms with Crippen LogP contribution >= 0.6 is 0 Å². The summed E-state index contributed by atoms with van der Waals surface area (Å²) in [6.07, 6.45) is 0. The minimum atomic E-state index is 0.689. The van der Waals surface area contributed by atoms with Crippen molar-refractivity contribution in [2.45, 2.75) is 6.92 Å². The highest BCUT2D eigenvalue weighted by Crippen LogP contribution is 2.36. The van der Waals surface area contributed by atoms with Crippen LogP contribution in [0.1, 0.15) is 11.1 Å². The average molecular weight is 293 g/mol. The van der Waals surface area contributed by atoms with Crippen LogP contribution in [0.4, 0.5) is 0 Å². The SMILES string of the molecule is Cc1ccc2cc3ccccc3c(-c3ccc(C#N)cc3)c2c1. The zero-order chi connectivity index (χ0) is 15.8. The van der Waals surface area contributed by atoms with Gasteiger partial charge in [-0.25, -0.2) is 0 Å². The normalized spacial score (nSPS) is 10.8. The summed E-state index contributed by atoms with van der Waals surface area (Å²) < 4.78 is 0. The molecule has 0 fully saturated rings. The fourth-order valence-corrected chi connectivity index (χ4v) is 3.20. The van der Waals surface area contributed by atoms with E-state index in [0.29, 0.717) is 5.56 Å². The van der Waals surface area contributed by atoms with Gasteiger partial charge >= 0.3 is 0 Å². The molecule has 0 amide bonds. The predicted octanol–water partition coefficient (Wildman–Crippen LogP) is 5.84. The lowest BCUT2D eigenvalue weighted by Gasteiger charge is -2.13. The van der Waals surface area contributed by atoms with Crippen molar-refractivity contribution in [3.05, 3.63) is 83.9 Å². The van der Waals surface area contributed by atoms with Crippen LogP contribution in [0.5, 0.6) is 0 Å². The van der Waals surface area contributed by atoms with Gasteiger partial charge in [0.05, 0.1) is 11.6 Å². The summed E-state index contributed by atoms with van der Waals surface area (Å²) in [5, 5.41) is 14.0. The van der Waals surface area contributed by atoms with Gasteiger partial charge in [-0.3, -0.25) is 0 Å². The van der Waals surface area contributed by atoms with Gasteiger partial charge in [-0.1, -0.05) is 60.2 Å². The lowest BCUT2D eigenvalue weighted by atomic mass is 9.91. The summed E-state index contributed by atoms with van der Waals surface area (Å²) in [6.45, 7) is 2.12. The maximum Gasteiger partial charge on any atom is 0.0991 e. The fraction of sp³-hybridized carbons (Fsp3) is 0.0455. The van der Waals surface area contributed by atoms with Crippen molar-refractivity contribution >= 4 is 21.5 Å². The van der Waals surface area contributed by atoms with E-state index in [1.54, 1.807) is 0 Å². The molecule has 0 saturated carbocycles. The summed E-state index contributed by atoms with van der Waals surface area (Å²) in [5.74, 6) is 0. The lowest BCUT2D eigenvalue weighted by molar-refractivity contribution is 1.48. The molecule has 0 aliphatic heterocycles. The first kappa shape index (κ1) is 13.5. The van der Waals surface area contributed by atoms with Crippen LogP contribution in [-0.4, -0.2) is 0 Å². The van der Waals surface area contributed by atoms with E-state index in [-0.39, 0.29) is 0 Å². The Kier molecular flexibility index (Phi) is 3.10. The number of fused-ring (bicyclic) bond motifs is 2. The van der Waals surface area contributed by atoms with Gasteiger partial charge in [0.2, 0.25) is 0 Å². The third-order valence-electron chi connectivity index (χ3n) is 4.32. The molecule has 23 heavy (non-hydrogen) atoms. The lowest BCUT2D eigenvalue weighted by Crippen LogP contribution is -1.87. The number of rotatable bonds is 1. The molecule has 0 N–H and O–H groups in total. The number of nitriles is 1. The Labute approximate surface area is 135 Å². The maximum absolute atomic E-state index is 9.03. The van der Waals surface area contributed by atoms with E-state index in [9.17, 15) is 0 Å². The number of nitrogens with zero attached hydrogens (tertiary/aromatic N) is 1. The van der Waals surface area contributed by atoms with Crippen molar-refractivity contribution in [3.63, 3.8) is 0 Å². The Bertz CT molecular complexity index is 1070. The average Bonchev–Trinajstić information content (AvgIpc) is 2.60. The summed E-state index contributed by atoms with van der Waals surface area (Å²) in [4.78, 5) is 0. The van der Waals surface area contributed by atoms with E-state index in [4.69, 9.17) is 5.26 Å². The number of hydrogen-bond donors (Lipinski definition) is 0. The van der Waals surface area contributed by atoms with Crippen LogP contribution in [0.25, 0.3) is 32.7 Å². The first-order valence-corrected chi connectivity index (χ1v) is 7.69. The quantitative estimate of drug-likeness (QED) is 0.404. The van der Waals surface area contributed by atoms with Crippen molar-refractivity contribution in [2.24, 2.45) is 0 Å². The van der Waals surface area contributed by atoms with Crippen LogP contribution in [0.3, 0.4) is 0 Å². The monoisotopic (exact) mass is 293 g/mol. The van der Waals surface area contributed by atoms with Crippen LogP contribution in [0.15, 0.2) is 72.8 Å². The Morgan fingerprint density at radius 3 is 2.26 bits per heavy atom. The first-order chi connectivity index (χ1) is 11.3. The fourth-order valence-electron chi connectivity index (χ4n) is 3.20. The van der Waals surface area contributed by atoms with E-state index in [1.165, 1.54) is 32.7 Å². The second kappa shape index (κ2) is 5.26. The van der Waals surface area contributed by atoms with Gasteiger partial charge in [-0.15, -0.1) is 0 Å². The molecule has 0 bridgehead atoms. The first-order valence-electron chi connectivity index (χ1n) is 7.69. The molecular formula is C22H15N. The van der Waals surface area contributed by atoms with Gasteiger partial charge in [-0.05, 0) is 57.8 Å². The number of aryl methyl sites for hydroxylation is 1. The Balaban J connectivity index is 2.15. The van der Waals surface area contributed by atoms with Crippen LogP contribution < -0.4 is 0 Å². The molecule has 0 aliphatic carbocycles. The van der Waals surface area contributed by atoms with Gasteiger partial charge in [0.1, 0.15) is 0 Å². The van der Waals surface area contributed by atoms with Crippen molar-refractivity contribution in [1.29, 1.82) is 5.26 Å². The predicted molar refractivity (Wildman–Crippen MR) is 96.3 cm³/mol. The van der Waals surface area contributed by atoms with Crippen LogP contribution in [0, 0.1) is 18.3 Å². The molecule has 0 heterocycles. The number of hydrogen-bond acceptors (Lipinski definition) is 1. The molecule has 1 nitrogen and oxygen atoms in total. The van der Waals surface area contributed by atoms with Gasteiger partial charge in [0.15, 0.2) is 0 Å². The van der Waals surface area contributed by atoms with Gasteiger partial charge in [-0.2, -0.15) is 5.26 Å². The molecule has 108 valence electrons. The molecule has 0 saturated heterocycles. The molecule has 0 radical (unpaired) electrons. The summed E-state index contributed by atoms with van der Waals surface area (Å²) in [5.41, 5.74) is 4.33. The minimum absolute atomic E-state index is 0.689. The van der Waals surface area contributed by atoms with E-state index < -0.39 is 0 Å². The van der Waals surface area contributed by atoms with Crippen LogP contribution in [-0.2, 0) is 0 Å². The smallest absolute Gasteiger partial charge is 0.0991 e. The van der Waals surface area contributed by atoms with Crippen molar-refractivity contribution in [1.82, 2.24) is 0 Å². The minimum Gasteiger partial charge on any atom is -0.192 e. The molecule has 0 aromatic heterocycles. The largest absolute Gasteiger partial charge is 0.192 e. The molecule has 1 heteroatoms. The third-order valence-corrected chi connectivity index (χ3v) is 4.32. The zero-order valence-corrected chi connectivity index (χ0v) is 12.9. The van der Waals surface area contributed by atoms with Crippen molar-refractivity contribution < 1.29 is 0 Å². The molecule has 0 unspecified atom stereocenters. The Hall–Kier alpha value is -3.11. The molecule has 0 spiro atoms.